The number of aliphatic hydroxyl groups excluding tert-OH is 1. The Morgan fingerprint density at radius 3 is 2.62 bits per heavy atom. The zero-order chi connectivity index (χ0) is 30.3. The molecule has 3 aromatic rings. The molecule has 2 amide bonds. The van der Waals surface area contributed by atoms with Crippen LogP contribution in [0.5, 0.6) is 5.75 Å². The Balaban J connectivity index is 1.51. The molecule has 2 aromatic carbocycles. The molecule has 1 aromatic heterocycles. The van der Waals surface area contributed by atoms with Gasteiger partial charge in [-0.15, -0.1) is 0 Å². The molecule has 0 saturated carbocycles. The van der Waals surface area contributed by atoms with Gasteiger partial charge in [-0.2, -0.15) is 13.2 Å². The fraction of sp³-hybridized carbons (Fsp3) is 0.414. The second-order valence-corrected chi connectivity index (χ2v) is 11.3. The molecule has 42 heavy (non-hydrogen) atoms. The minimum absolute atomic E-state index is 0.0400. The standard InChI is InChI=1S/C29H34F3N5O4S/c1-41-27-18-22(42(2)40)8-9-25(27)33-12-4-5-21-17-23-24(6-3-7-26(23)37(21)19-29(30,31)32)35-28(39)34-20-10-13-36(14-11-20)15-16-38/h3,6-9,17-18,20,33,38H,10-16,19H2,1-2H3,(H2,34,35,39). The highest BCUT2D eigenvalue weighted by Gasteiger charge is 2.30. The molecule has 1 fully saturated rings. The minimum atomic E-state index is -4.49. The Bertz CT molecular complexity index is 1440. The lowest BCUT2D eigenvalue weighted by molar-refractivity contribution is -0.140. The predicted octanol–water partition coefficient (Wildman–Crippen LogP) is 3.99. The van der Waals surface area contributed by atoms with Crippen molar-refractivity contribution in [3.05, 3.63) is 48.2 Å². The summed E-state index contributed by atoms with van der Waals surface area (Å²) in [6, 6.07) is 10.9. The van der Waals surface area contributed by atoms with Crippen LogP contribution in [0.15, 0.2) is 47.4 Å². The molecule has 1 unspecified atom stereocenters. The first-order valence-corrected chi connectivity index (χ1v) is 15.0. The number of nitrogens with zero attached hydrogens (tertiary/aromatic N) is 2. The van der Waals surface area contributed by atoms with Crippen LogP contribution < -0.4 is 20.7 Å². The number of ether oxygens (including phenoxy) is 1. The summed E-state index contributed by atoms with van der Waals surface area (Å²) in [5.74, 6) is 6.17. The predicted molar refractivity (Wildman–Crippen MR) is 157 cm³/mol. The van der Waals surface area contributed by atoms with Crippen molar-refractivity contribution in [1.29, 1.82) is 0 Å². The summed E-state index contributed by atoms with van der Waals surface area (Å²) in [6.07, 6.45) is -1.45. The van der Waals surface area contributed by atoms with Gasteiger partial charge in [0.15, 0.2) is 4.90 Å². The summed E-state index contributed by atoms with van der Waals surface area (Å²) < 4.78 is 58.8. The number of likely N-dealkylation sites (tertiary alicyclic amines) is 1. The third-order valence-corrected chi connectivity index (χ3v) is 7.88. The number of carbonyl (C=O) groups excluding carboxylic acids is 1. The molecule has 9 nitrogen and oxygen atoms in total. The van der Waals surface area contributed by atoms with Gasteiger partial charge in [0.25, 0.3) is 0 Å². The van der Waals surface area contributed by atoms with Crippen molar-refractivity contribution in [3.8, 4) is 17.6 Å². The maximum absolute atomic E-state index is 13.5. The van der Waals surface area contributed by atoms with Crippen molar-refractivity contribution in [3.63, 3.8) is 0 Å². The quantitative estimate of drug-likeness (QED) is 0.217. The molecule has 4 N–H and O–H groups in total. The van der Waals surface area contributed by atoms with E-state index in [1.165, 1.54) is 7.11 Å². The summed E-state index contributed by atoms with van der Waals surface area (Å²) >= 11 is -1.18. The van der Waals surface area contributed by atoms with E-state index in [0.717, 1.165) is 30.5 Å². The number of fused-ring (bicyclic) bond motifs is 1. The van der Waals surface area contributed by atoms with Gasteiger partial charge in [0.2, 0.25) is 0 Å². The van der Waals surface area contributed by atoms with Crippen molar-refractivity contribution in [2.75, 3.05) is 56.8 Å². The van der Waals surface area contributed by atoms with E-state index in [0.29, 0.717) is 39.5 Å². The van der Waals surface area contributed by atoms with E-state index < -0.39 is 29.9 Å². The lowest BCUT2D eigenvalue weighted by Gasteiger charge is -2.31. The van der Waals surface area contributed by atoms with Gasteiger partial charge in [-0.05, 0) is 60.3 Å². The maximum Gasteiger partial charge on any atom is 0.406 e. The van der Waals surface area contributed by atoms with E-state index in [1.807, 2.05) is 0 Å². The normalized spacial score (nSPS) is 15.1. The van der Waals surface area contributed by atoms with Crippen LogP contribution in [0.2, 0.25) is 0 Å². The van der Waals surface area contributed by atoms with E-state index in [2.05, 4.69) is 32.7 Å². The fourth-order valence-corrected chi connectivity index (χ4v) is 5.44. The van der Waals surface area contributed by atoms with Gasteiger partial charge in [-0.3, -0.25) is 0 Å². The number of piperidine rings is 1. The zero-order valence-electron chi connectivity index (χ0n) is 23.4. The molecule has 13 heteroatoms. The number of anilines is 2. The van der Waals surface area contributed by atoms with E-state index in [1.54, 1.807) is 48.7 Å². The summed E-state index contributed by atoms with van der Waals surface area (Å²) in [5.41, 5.74) is 1.43. The Labute approximate surface area is 245 Å². The molecule has 1 aliphatic heterocycles. The Morgan fingerprint density at radius 1 is 1.19 bits per heavy atom. The van der Waals surface area contributed by atoms with Crippen molar-refractivity contribution < 1.29 is 32.4 Å². The number of β-amino-alcohol motifs (C(OH)–C–C–N with tert-alkyl or cyclic N) is 1. The molecule has 4 rings (SSSR count). The Kier molecular flexibility index (Phi) is 10.5. The zero-order valence-corrected chi connectivity index (χ0v) is 24.2. The molecule has 226 valence electrons. The molecular formula is C29H34F3N5O4S. The summed E-state index contributed by atoms with van der Waals surface area (Å²) in [4.78, 5) is 15.5. The number of hydrogen-bond acceptors (Lipinski definition) is 6. The van der Waals surface area contributed by atoms with Gasteiger partial charge in [0.05, 0.1) is 42.8 Å². The first-order chi connectivity index (χ1) is 20.1. The SMILES string of the molecule is COc1cc([S+](C)[O-])ccc1NCC#Cc1cc2c(NC(=O)NC3CCN(CCO)CC3)cccc2n1CC(F)(F)F. The number of amides is 2. The molecule has 0 radical (unpaired) electrons. The van der Waals surface area contributed by atoms with E-state index >= 15 is 0 Å². The Hall–Kier alpha value is -3.57. The number of methoxy groups -OCH3 is 1. The molecule has 2 heterocycles. The second kappa shape index (κ2) is 14.1. The fourth-order valence-electron chi connectivity index (χ4n) is 4.90. The molecule has 1 saturated heterocycles. The number of aromatic nitrogens is 1. The number of benzene rings is 2. The molecule has 0 bridgehead atoms. The monoisotopic (exact) mass is 605 g/mol. The minimum Gasteiger partial charge on any atom is -0.612 e. The lowest BCUT2D eigenvalue weighted by atomic mass is 10.1. The second-order valence-electron chi connectivity index (χ2n) is 9.88. The van der Waals surface area contributed by atoms with Crippen LogP contribution in [0.1, 0.15) is 18.5 Å². The van der Waals surface area contributed by atoms with Gasteiger partial charge >= 0.3 is 12.2 Å². The molecule has 0 spiro atoms. The average molecular weight is 606 g/mol. The molecular weight excluding hydrogens is 571 g/mol. The van der Waals surface area contributed by atoms with E-state index in [-0.39, 0.29) is 24.9 Å². The number of aliphatic hydroxyl groups is 1. The highest BCUT2D eigenvalue weighted by molar-refractivity contribution is 7.90. The van der Waals surface area contributed by atoms with Crippen molar-refractivity contribution in [2.45, 2.75) is 36.5 Å². The first kappa shape index (κ1) is 31.4. The van der Waals surface area contributed by atoms with Crippen LogP contribution in [0, 0.1) is 11.8 Å². The first-order valence-electron chi connectivity index (χ1n) is 13.4. The van der Waals surface area contributed by atoms with Crippen LogP contribution >= 0.6 is 0 Å². The van der Waals surface area contributed by atoms with Crippen molar-refractivity contribution >= 4 is 39.5 Å². The highest BCUT2D eigenvalue weighted by Crippen LogP contribution is 2.30. The smallest absolute Gasteiger partial charge is 0.406 e. The highest BCUT2D eigenvalue weighted by atomic mass is 32.2. The number of hydrogen-bond donors (Lipinski definition) is 4. The third kappa shape index (κ3) is 8.25. The number of alkyl halides is 3. The third-order valence-electron chi connectivity index (χ3n) is 6.96. The van der Waals surface area contributed by atoms with Crippen molar-refractivity contribution in [1.82, 2.24) is 14.8 Å². The number of halogens is 3. The van der Waals surface area contributed by atoms with Crippen LogP contribution in [-0.4, -0.2) is 83.5 Å². The Morgan fingerprint density at radius 2 is 1.95 bits per heavy atom. The average Bonchev–Trinajstić information content (AvgIpc) is 3.28. The molecule has 0 aliphatic carbocycles. The van der Waals surface area contributed by atoms with Crippen LogP contribution in [0.25, 0.3) is 10.9 Å². The van der Waals surface area contributed by atoms with Gasteiger partial charge in [-0.1, -0.05) is 12.0 Å². The van der Waals surface area contributed by atoms with Gasteiger partial charge in [-0.25, -0.2) is 4.79 Å². The van der Waals surface area contributed by atoms with Crippen LogP contribution in [0.3, 0.4) is 0 Å². The van der Waals surface area contributed by atoms with Crippen LogP contribution in [0.4, 0.5) is 29.3 Å². The largest absolute Gasteiger partial charge is 0.612 e. The maximum atomic E-state index is 13.5. The van der Waals surface area contributed by atoms with Gasteiger partial charge in [0, 0.05) is 37.1 Å². The molecule has 1 atom stereocenters. The number of urea groups is 1. The topological polar surface area (TPSA) is 114 Å². The summed E-state index contributed by atoms with van der Waals surface area (Å²) in [6.45, 7) is 1.08. The van der Waals surface area contributed by atoms with Crippen molar-refractivity contribution in [2.24, 2.45) is 0 Å². The van der Waals surface area contributed by atoms with Crippen LogP contribution in [-0.2, 0) is 17.7 Å². The number of carbonyl (C=O) groups is 1. The van der Waals surface area contributed by atoms with Gasteiger partial charge < -0.3 is 39.8 Å². The summed E-state index contributed by atoms with van der Waals surface area (Å²) in [7, 11) is 1.48. The van der Waals surface area contributed by atoms with E-state index in [4.69, 9.17) is 9.84 Å². The number of rotatable bonds is 9. The van der Waals surface area contributed by atoms with Gasteiger partial charge in [0.1, 0.15) is 18.6 Å². The molecule has 1 aliphatic rings. The van der Waals surface area contributed by atoms with E-state index in [9.17, 15) is 22.5 Å². The number of nitrogens with one attached hydrogen (secondary N) is 3. The lowest BCUT2D eigenvalue weighted by Crippen LogP contribution is -2.46. The summed E-state index contributed by atoms with van der Waals surface area (Å²) in [5, 5.41) is 18.4.